The average Bonchev–Trinajstić information content (AvgIpc) is 3.47. The molecular formula is C33H39BrClN3O. The summed E-state index contributed by atoms with van der Waals surface area (Å²) in [5.41, 5.74) is 6.68. The number of likely N-dealkylation sites (tertiary alicyclic amines) is 1. The number of H-pyrrole nitrogens is 1. The lowest BCUT2D eigenvalue weighted by atomic mass is 9.78. The van der Waals surface area contributed by atoms with Crippen LogP contribution >= 0.6 is 27.5 Å². The molecule has 0 radical (unpaired) electrons. The summed E-state index contributed by atoms with van der Waals surface area (Å²) in [5, 5.41) is 2.06. The van der Waals surface area contributed by atoms with Crippen LogP contribution < -0.4 is 0 Å². The first-order chi connectivity index (χ1) is 18.8. The van der Waals surface area contributed by atoms with Crippen LogP contribution in [-0.4, -0.2) is 54.2 Å². The summed E-state index contributed by atoms with van der Waals surface area (Å²) >= 11 is 9.83. The lowest BCUT2D eigenvalue weighted by Crippen LogP contribution is -2.44. The molecule has 206 valence electrons. The predicted octanol–water partition coefficient (Wildman–Crippen LogP) is 8.17. The highest BCUT2D eigenvalue weighted by Gasteiger charge is 2.46. The second kappa shape index (κ2) is 12.6. The Hall–Kier alpha value is -2.15. The highest BCUT2D eigenvalue weighted by atomic mass is 79.9. The quantitative estimate of drug-likeness (QED) is 0.248. The molecular weight excluding hydrogens is 570 g/mol. The Kier molecular flexibility index (Phi) is 9.15. The van der Waals surface area contributed by atoms with Crippen LogP contribution in [0.25, 0.3) is 10.9 Å². The number of hydrogen-bond acceptors (Lipinski definition) is 3. The molecule has 39 heavy (non-hydrogen) atoms. The largest absolute Gasteiger partial charge is 0.379 e. The van der Waals surface area contributed by atoms with Gasteiger partial charge in [-0.15, -0.1) is 0 Å². The molecule has 6 rings (SSSR count). The summed E-state index contributed by atoms with van der Waals surface area (Å²) < 4.78 is 6.73. The van der Waals surface area contributed by atoms with Crippen molar-refractivity contribution in [3.63, 3.8) is 0 Å². The maximum atomic E-state index is 6.27. The Bertz CT molecular complexity index is 1340. The van der Waals surface area contributed by atoms with Gasteiger partial charge in [0.2, 0.25) is 0 Å². The molecule has 2 aliphatic rings. The van der Waals surface area contributed by atoms with Crippen LogP contribution in [0, 0.1) is 19.3 Å². The smallest absolute Gasteiger partial charge is 0.0594 e. The summed E-state index contributed by atoms with van der Waals surface area (Å²) in [5.74, 6) is 0. The van der Waals surface area contributed by atoms with Gasteiger partial charge in [-0.05, 0) is 62.2 Å². The Morgan fingerprint density at radius 1 is 0.949 bits per heavy atom. The number of halogens is 2. The van der Waals surface area contributed by atoms with Crippen LogP contribution in [0.5, 0.6) is 0 Å². The summed E-state index contributed by atoms with van der Waals surface area (Å²) in [6, 6.07) is 23.8. The molecule has 0 bridgehead atoms. The van der Waals surface area contributed by atoms with Gasteiger partial charge in [0.1, 0.15) is 0 Å². The first-order valence-corrected chi connectivity index (χ1v) is 15.1. The molecule has 0 spiro atoms. The van der Waals surface area contributed by atoms with Crippen molar-refractivity contribution in [2.75, 3.05) is 39.4 Å². The Labute approximate surface area is 246 Å². The van der Waals surface area contributed by atoms with Gasteiger partial charge in [-0.3, -0.25) is 9.80 Å². The SMILES string of the molecule is CC1(CN2CCOCC2)CCN(Cc2ccc(Br)cc2)C1c1c[nH]c2cc(Cl)ccc12.Cc1ccc(C)cc1. The minimum atomic E-state index is 0.168. The van der Waals surface area contributed by atoms with Gasteiger partial charge in [-0.2, -0.15) is 0 Å². The molecule has 6 heteroatoms. The van der Waals surface area contributed by atoms with E-state index in [4.69, 9.17) is 16.3 Å². The number of aryl methyl sites for hydroxylation is 2. The summed E-state index contributed by atoms with van der Waals surface area (Å²) in [7, 11) is 0. The molecule has 0 aliphatic carbocycles. The van der Waals surface area contributed by atoms with Gasteiger partial charge in [0.15, 0.2) is 0 Å². The van der Waals surface area contributed by atoms with E-state index in [1.807, 2.05) is 12.1 Å². The van der Waals surface area contributed by atoms with Gasteiger partial charge in [0.05, 0.1) is 13.2 Å². The molecule has 3 aromatic carbocycles. The number of fused-ring (bicyclic) bond motifs is 1. The fraction of sp³-hybridized carbons (Fsp3) is 0.394. The molecule has 2 saturated heterocycles. The third kappa shape index (κ3) is 6.96. The minimum Gasteiger partial charge on any atom is -0.379 e. The number of benzene rings is 3. The highest BCUT2D eigenvalue weighted by molar-refractivity contribution is 9.10. The van der Waals surface area contributed by atoms with Crippen molar-refractivity contribution in [3.05, 3.63) is 105 Å². The molecule has 2 aliphatic heterocycles. The zero-order valence-electron chi connectivity index (χ0n) is 23.2. The second-order valence-electron chi connectivity index (χ2n) is 11.4. The standard InChI is InChI=1S/C25H29BrClN3O.C8H10/c1-25(17-29-10-12-31-13-11-29)8-9-30(16-18-2-4-19(26)5-3-18)24(25)22-15-28-23-14-20(27)6-7-21(22)23;1-7-3-5-8(2)6-4-7/h2-7,14-15,24,28H,8-13,16-17H2,1H3;3-6H,1-2H3. The third-order valence-electron chi connectivity index (χ3n) is 8.17. The fourth-order valence-electron chi connectivity index (χ4n) is 6.09. The van der Waals surface area contributed by atoms with Crippen molar-refractivity contribution in [1.82, 2.24) is 14.8 Å². The molecule has 1 N–H and O–H groups in total. The summed E-state index contributed by atoms with van der Waals surface area (Å²) in [6.07, 6.45) is 3.40. The average molecular weight is 609 g/mol. The summed E-state index contributed by atoms with van der Waals surface area (Å²) in [4.78, 5) is 8.74. The van der Waals surface area contributed by atoms with E-state index < -0.39 is 0 Å². The number of hydrogen-bond donors (Lipinski definition) is 1. The van der Waals surface area contributed by atoms with E-state index in [0.29, 0.717) is 6.04 Å². The lowest BCUT2D eigenvalue weighted by Gasteiger charge is -2.40. The maximum absolute atomic E-state index is 6.27. The molecule has 1 aromatic heterocycles. The van der Waals surface area contributed by atoms with Crippen molar-refractivity contribution >= 4 is 38.4 Å². The fourth-order valence-corrected chi connectivity index (χ4v) is 6.53. The van der Waals surface area contributed by atoms with Gasteiger partial charge in [0.25, 0.3) is 0 Å². The van der Waals surface area contributed by atoms with Gasteiger partial charge in [-0.25, -0.2) is 0 Å². The van der Waals surface area contributed by atoms with E-state index in [1.165, 1.54) is 34.1 Å². The minimum absolute atomic E-state index is 0.168. The number of aromatic nitrogens is 1. The molecule has 2 atom stereocenters. The van der Waals surface area contributed by atoms with E-state index >= 15 is 0 Å². The normalized spacial score (nSPS) is 22.1. The van der Waals surface area contributed by atoms with Crippen molar-refractivity contribution in [2.45, 2.75) is 39.8 Å². The van der Waals surface area contributed by atoms with Crippen LogP contribution in [0.3, 0.4) is 0 Å². The highest BCUT2D eigenvalue weighted by Crippen LogP contribution is 2.50. The van der Waals surface area contributed by atoms with Crippen molar-refractivity contribution in [1.29, 1.82) is 0 Å². The predicted molar refractivity (Wildman–Crippen MR) is 167 cm³/mol. The van der Waals surface area contributed by atoms with Gasteiger partial charge < -0.3 is 9.72 Å². The van der Waals surface area contributed by atoms with E-state index in [-0.39, 0.29) is 5.41 Å². The zero-order valence-corrected chi connectivity index (χ0v) is 25.6. The van der Waals surface area contributed by atoms with E-state index in [9.17, 15) is 0 Å². The van der Waals surface area contributed by atoms with Crippen LogP contribution in [0.2, 0.25) is 5.02 Å². The number of morpholine rings is 1. The van der Waals surface area contributed by atoms with E-state index in [1.54, 1.807) is 0 Å². The number of nitrogens with zero attached hydrogens (tertiary/aromatic N) is 2. The number of ether oxygens (including phenoxy) is 1. The van der Waals surface area contributed by atoms with Gasteiger partial charge >= 0.3 is 0 Å². The molecule has 2 unspecified atom stereocenters. The number of nitrogens with one attached hydrogen (secondary N) is 1. The van der Waals surface area contributed by atoms with Crippen LogP contribution in [0.4, 0.5) is 0 Å². The molecule has 4 nitrogen and oxygen atoms in total. The molecule has 0 amide bonds. The number of rotatable bonds is 5. The first kappa shape index (κ1) is 28.4. The molecule has 3 heterocycles. The van der Waals surface area contributed by atoms with E-state index in [2.05, 4.69) is 112 Å². The third-order valence-corrected chi connectivity index (χ3v) is 8.94. The Balaban J connectivity index is 0.000000332. The molecule has 2 fully saturated rings. The van der Waals surface area contributed by atoms with E-state index in [0.717, 1.165) is 60.9 Å². The van der Waals surface area contributed by atoms with Crippen LogP contribution in [0.15, 0.2) is 77.4 Å². The zero-order chi connectivity index (χ0) is 27.4. The monoisotopic (exact) mass is 607 g/mol. The van der Waals surface area contributed by atoms with Crippen molar-refractivity contribution in [2.24, 2.45) is 5.41 Å². The maximum Gasteiger partial charge on any atom is 0.0594 e. The van der Waals surface area contributed by atoms with Crippen LogP contribution in [-0.2, 0) is 11.3 Å². The Morgan fingerprint density at radius 2 is 1.62 bits per heavy atom. The van der Waals surface area contributed by atoms with Crippen molar-refractivity contribution < 1.29 is 4.74 Å². The summed E-state index contributed by atoms with van der Waals surface area (Å²) in [6.45, 7) is 13.6. The van der Waals surface area contributed by atoms with Gasteiger partial charge in [0, 0.05) is 64.2 Å². The topological polar surface area (TPSA) is 31.5 Å². The Morgan fingerprint density at radius 3 is 2.28 bits per heavy atom. The lowest BCUT2D eigenvalue weighted by molar-refractivity contribution is 0.0107. The van der Waals surface area contributed by atoms with Gasteiger partial charge in [-0.1, -0.05) is 88.0 Å². The molecule has 0 saturated carbocycles. The van der Waals surface area contributed by atoms with Crippen molar-refractivity contribution in [3.8, 4) is 0 Å². The second-order valence-corrected chi connectivity index (χ2v) is 12.7. The molecule has 4 aromatic rings. The number of aromatic amines is 1. The first-order valence-electron chi connectivity index (χ1n) is 13.9. The van der Waals surface area contributed by atoms with Crippen LogP contribution in [0.1, 0.15) is 41.6 Å².